The summed E-state index contributed by atoms with van der Waals surface area (Å²) in [4.78, 5) is 12.0. The van der Waals surface area contributed by atoms with E-state index in [4.69, 9.17) is 0 Å². The topological polar surface area (TPSA) is 71.3 Å². The number of hydrogen-bond donors (Lipinski definition) is 2. The Hall–Kier alpha value is -3.31. The fraction of sp³-hybridized carbons (Fsp3) is 0.188. The molecule has 0 atom stereocenters. The molecule has 3 rings (SSSR count). The molecule has 0 spiro atoms. The first kappa shape index (κ1) is 19.5. The number of halogens is 6. The van der Waals surface area contributed by atoms with E-state index in [-0.39, 0.29) is 22.3 Å². The lowest BCUT2D eigenvalue weighted by atomic mass is 10.0. The van der Waals surface area contributed by atoms with Crippen molar-refractivity contribution in [1.29, 1.82) is 0 Å². The summed E-state index contributed by atoms with van der Waals surface area (Å²) >= 11 is 0. The Bertz CT molecular complexity index is 1040. The van der Waals surface area contributed by atoms with Gasteiger partial charge in [-0.05, 0) is 35.4 Å². The van der Waals surface area contributed by atoms with Gasteiger partial charge in [-0.25, -0.2) is 0 Å². The van der Waals surface area contributed by atoms with Crippen LogP contribution in [-0.4, -0.2) is 33.9 Å². The van der Waals surface area contributed by atoms with Crippen LogP contribution in [0.3, 0.4) is 0 Å². The number of rotatable bonds is 3. The van der Waals surface area contributed by atoms with Gasteiger partial charge in [-0.3, -0.25) is 14.5 Å². The molecule has 0 fully saturated rings. The molecule has 2 heterocycles. The summed E-state index contributed by atoms with van der Waals surface area (Å²) in [6, 6.07) is 6.11. The van der Waals surface area contributed by atoms with Crippen molar-refractivity contribution in [3.63, 3.8) is 0 Å². The lowest BCUT2D eigenvalue weighted by Crippen LogP contribution is -2.25. The Balaban J connectivity index is 2.12. The summed E-state index contributed by atoms with van der Waals surface area (Å²) in [5, 5.41) is 10.0. The normalized spacial score (nSPS) is 12.2. The van der Waals surface area contributed by atoms with Crippen LogP contribution in [0.1, 0.15) is 16.2 Å². The Morgan fingerprint density at radius 1 is 1.00 bits per heavy atom. The lowest BCUT2D eigenvalue weighted by molar-refractivity contribution is -0.145. The third kappa shape index (κ3) is 3.85. The van der Waals surface area contributed by atoms with Gasteiger partial charge in [0, 0.05) is 13.2 Å². The van der Waals surface area contributed by atoms with Gasteiger partial charge in [0.15, 0.2) is 5.65 Å². The predicted octanol–water partition coefficient (Wildman–Crippen LogP) is 3.71. The van der Waals surface area contributed by atoms with Crippen molar-refractivity contribution in [1.82, 2.24) is 19.9 Å². The van der Waals surface area contributed by atoms with Crippen molar-refractivity contribution in [3.8, 4) is 11.1 Å². The number of pyridine rings is 1. The number of fused-ring (bicyclic) bond motifs is 1. The van der Waals surface area contributed by atoms with Crippen LogP contribution in [0.5, 0.6) is 0 Å². The monoisotopic (exact) mass is 403 g/mol. The third-order valence-corrected chi connectivity index (χ3v) is 3.76. The first-order valence-electron chi connectivity index (χ1n) is 7.63. The lowest BCUT2D eigenvalue weighted by Gasteiger charge is -2.15. The molecule has 28 heavy (non-hydrogen) atoms. The second-order valence-electron chi connectivity index (χ2n) is 5.63. The van der Waals surface area contributed by atoms with Crippen molar-refractivity contribution in [2.45, 2.75) is 12.5 Å². The van der Waals surface area contributed by atoms with Crippen LogP contribution >= 0.6 is 0 Å². The maximum atomic E-state index is 13.0. The number of aromatic nitrogens is 3. The highest BCUT2D eigenvalue weighted by Crippen LogP contribution is 2.31. The molecular formula is C16H11F6N5O. The van der Waals surface area contributed by atoms with Gasteiger partial charge in [0.2, 0.25) is 5.82 Å². The molecule has 0 saturated carbocycles. The van der Waals surface area contributed by atoms with E-state index in [2.05, 4.69) is 15.5 Å². The third-order valence-electron chi connectivity index (χ3n) is 3.76. The minimum absolute atomic E-state index is 0.0574. The zero-order valence-electron chi connectivity index (χ0n) is 14.0. The molecule has 0 aliphatic carbocycles. The van der Waals surface area contributed by atoms with Crippen LogP contribution in [-0.2, 0) is 6.18 Å². The van der Waals surface area contributed by atoms with E-state index in [0.29, 0.717) is 0 Å². The van der Waals surface area contributed by atoms with Crippen LogP contribution in [0.4, 0.5) is 32.0 Å². The van der Waals surface area contributed by atoms with Gasteiger partial charge >= 0.3 is 12.5 Å². The van der Waals surface area contributed by atoms with Gasteiger partial charge in [0.1, 0.15) is 0 Å². The summed E-state index contributed by atoms with van der Waals surface area (Å²) in [5.41, 5.74) is -0.413. The first-order valence-corrected chi connectivity index (χ1v) is 7.63. The summed E-state index contributed by atoms with van der Waals surface area (Å²) in [6.45, 7) is 0. The number of benzene rings is 1. The second-order valence-corrected chi connectivity index (χ2v) is 5.63. The zero-order chi connectivity index (χ0) is 20.7. The van der Waals surface area contributed by atoms with E-state index in [1.165, 1.54) is 30.6 Å². The van der Waals surface area contributed by atoms with Crippen LogP contribution < -0.4 is 10.6 Å². The van der Waals surface area contributed by atoms with Crippen molar-refractivity contribution >= 4 is 17.2 Å². The Morgan fingerprint density at radius 3 is 2.29 bits per heavy atom. The second kappa shape index (κ2) is 6.69. The van der Waals surface area contributed by atoms with Gasteiger partial charge in [0.05, 0.1) is 11.3 Å². The summed E-state index contributed by atoms with van der Waals surface area (Å²) in [7, 11) is 1.24. The number of hydrogen-bond acceptors (Lipinski definition) is 4. The van der Waals surface area contributed by atoms with Crippen molar-refractivity contribution in [2.75, 3.05) is 12.4 Å². The predicted molar refractivity (Wildman–Crippen MR) is 86.5 cm³/mol. The molecule has 12 heteroatoms. The molecule has 6 nitrogen and oxygen atoms in total. The van der Waals surface area contributed by atoms with Crippen molar-refractivity contribution < 1.29 is 31.1 Å². The van der Waals surface area contributed by atoms with Crippen LogP contribution in [0, 0.1) is 0 Å². The molecule has 1 aromatic carbocycles. The summed E-state index contributed by atoms with van der Waals surface area (Å²) in [5.74, 6) is -2.04. The van der Waals surface area contributed by atoms with Crippen LogP contribution in [0.15, 0.2) is 36.5 Å². The summed E-state index contributed by atoms with van der Waals surface area (Å²) in [6.07, 6.45) is -8.42. The Kier molecular flexibility index (Phi) is 4.65. The summed E-state index contributed by atoms with van der Waals surface area (Å²) < 4.78 is 77.7. The zero-order valence-corrected chi connectivity index (χ0v) is 14.0. The number of alkyl halides is 6. The molecule has 0 bridgehead atoms. The van der Waals surface area contributed by atoms with Gasteiger partial charge in [-0.15, -0.1) is 10.2 Å². The number of anilines is 1. The SMILES string of the molecule is CNC(=O)c1cc(-c2ccc3nnc(C(F)(F)F)n3c2)ccc1NC(F)(F)F. The maximum Gasteiger partial charge on any atom is 0.482 e. The van der Waals surface area contributed by atoms with Gasteiger partial charge in [0.25, 0.3) is 5.91 Å². The van der Waals surface area contributed by atoms with E-state index < -0.39 is 29.9 Å². The fourth-order valence-corrected chi connectivity index (χ4v) is 2.56. The fourth-order valence-electron chi connectivity index (χ4n) is 2.56. The van der Waals surface area contributed by atoms with Crippen molar-refractivity contribution in [2.24, 2.45) is 0 Å². The van der Waals surface area contributed by atoms with E-state index in [9.17, 15) is 31.1 Å². The van der Waals surface area contributed by atoms with Crippen LogP contribution in [0.2, 0.25) is 0 Å². The highest BCUT2D eigenvalue weighted by molar-refractivity contribution is 6.00. The Labute approximate surface area is 153 Å². The van der Waals surface area contributed by atoms with Crippen LogP contribution in [0.25, 0.3) is 16.8 Å². The molecule has 0 aliphatic heterocycles. The molecule has 3 aromatic rings. The van der Waals surface area contributed by atoms with E-state index in [1.807, 2.05) is 0 Å². The van der Waals surface area contributed by atoms with Gasteiger partial charge < -0.3 is 5.32 Å². The number of carbonyl (C=O) groups is 1. The largest absolute Gasteiger partial charge is 0.482 e. The number of carbonyl (C=O) groups excluding carboxylic acids is 1. The highest BCUT2D eigenvalue weighted by atomic mass is 19.4. The van der Waals surface area contributed by atoms with E-state index >= 15 is 0 Å². The molecule has 1 amide bonds. The quantitative estimate of drug-likeness (QED) is 0.517. The Morgan fingerprint density at radius 2 is 1.68 bits per heavy atom. The number of nitrogens with zero attached hydrogens (tertiary/aromatic N) is 3. The standard InChI is InChI=1S/C16H11F6N5O/c1-23-13(28)10-6-8(2-4-11(10)24-16(20,21)22)9-3-5-12-25-26-14(15(17,18)19)27(12)7-9/h2-7,24H,1H3,(H,23,28). The van der Waals surface area contributed by atoms with Gasteiger partial charge in [-0.1, -0.05) is 6.07 Å². The molecule has 0 unspecified atom stereocenters. The smallest absolute Gasteiger partial charge is 0.355 e. The van der Waals surface area contributed by atoms with Gasteiger partial charge in [-0.2, -0.15) is 26.3 Å². The van der Waals surface area contributed by atoms with E-state index in [0.717, 1.165) is 22.7 Å². The molecule has 0 radical (unpaired) electrons. The average Bonchev–Trinajstić information content (AvgIpc) is 3.03. The average molecular weight is 403 g/mol. The minimum atomic E-state index is -4.77. The highest BCUT2D eigenvalue weighted by Gasteiger charge is 2.37. The molecule has 2 N–H and O–H groups in total. The first-order chi connectivity index (χ1) is 13.0. The molecule has 2 aromatic heterocycles. The minimum Gasteiger partial charge on any atom is -0.355 e. The molecule has 148 valence electrons. The molecular weight excluding hydrogens is 392 g/mol. The number of amides is 1. The maximum absolute atomic E-state index is 13.0. The molecule has 0 saturated heterocycles. The molecule has 0 aliphatic rings. The van der Waals surface area contributed by atoms with Crippen molar-refractivity contribution in [3.05, 3.63) is 47.9 Å². The number of nitrogens with one attached hydrogen (secondary N) is 2. The van der Waals surface area contributed by atoms with E-state index in [1.54, 1.807) is 0 Å².